The number of benzene rings is 2. The standard InChI is InChI=1S/C19H24O/c1-14(2)17-10-8-16(9-11-17)12-19(20)13-18-7-5-4-6-15(18)3/h4-11,14,19-20H,12-13H2,1-3H3. The molecule has 1 atom stereocenters. The highest BCUT2D eigenvalue weighted by atomic mass is 16.3. The van der Waals surface area contributed by atoms with Gasteiger partial charge in [0.15, 0.2) is 0 Å². The normalized spacial score (nSPS) is 12.7. The first-order valence-corrected chi connectivity index (χ1v) is 7.37. The second kappa shape index (κ2) is 6.71. The van der Waals surface area contributed by atoms with Gasteiger partial charge in [-0.15, -0.1) is 0 Å². The number of hydrogen-bond acceptors (Lipinski definition) is 1. The molecule has 106 valence electrons. The average molecular weight is 268 g/mol. The Hall–Kier alpha value is -1.60. The Bertz CT molecular complexity index is 540. The minimum absolute atomic E-state index is 0.319. The molecular weight excluding hydrogens is 244 g/mol. The smallest absolute Gasteiger partial charge is 0.0620 e. The summed E-state index contributed by atoms with van der Waals surface area (Å²) in [5, 5.41) is 10.3. The van der Waals surface area contributed by atoms with Crippen LogP contribution in [0.5, 0.6) is 0 Å². The third kappa shape index (κ3) is 3.94. The molecule has 1 heteroatoms. The van der Waals surface area contributed by atoms with Crippen molar-refractivity contribution in [2.24, 2.45) is 0 Å². The van der Waals surface area contributed by atoms with Gasteiger partial charge in [-0.1, -0.05) is 62.4 Å². The summed E-state index contributed by atoms with van der Waals surface area (Å²) in [6.45, 7) is 6.49. The Balaban J connectivity index is 1.97. The highest BCUT2D eigenvalue weighted by molar-refractivity contribution is 5.28. The van der Waals surface area contributed by atoms with E-state index in [4.69, 9.17) is 0 Å². The van der Waals surface area contributed by atoms with E-state index in [1.54, 1.807) is 0 Å². The highest BCUT2D eigenvalue weighted by Crippen LogP contribution is 2.17. The zero-order valence-corrected chi connectivity index (χ0v) is 12.6. The van der Waals surface area contributed by atoms with Crippen molar-refractivity contribution in [3.8, 4) is 0 Å². The van der Waals surface area contributed by atoms with Crippen molar-refractivity contribution in [2.45, 2.75) is 45.6 Å². The topological polar surface area (TPSA) is 20.2 Å². The second-order valence-electron chi connectivity index (χ2n) is 5.88. The molecule has 0 aromatic heterocycles. The average Bonchev–Trinajstić information content (AvgIpc) is 2.42. The fourth-order valence-electron chi connectivity index (χ4n) is 2.48. The first-order valence-electron chi connectivity index (χ1n) is 7.37. The molecule has 2 aromatic rings. The number of aliphatic hydroxyl groups is 1. The highest BCUT2D eigenvalue weighted by Gasteiger charge is 2.09. The van der Waals surface area contributed by atoms with Crippen LogP contribution in [0.25, 0.3) is 0 Å². The van der Waals surface area contributed by atoms with E-state index >= 15 is 0 Å². The predicted octanol–water partition coefficient (Wildman–Crippen LogP) is 4.26. The van der Waals surface area contributed by atoms with Crippen molar-refractivity contribution < 1.29 is 5.11 Å². The quantitative estimate of drug-likeness (QED) is 0.859. The minimum Gasteiger partial charge on any atom is -0.392 e. The first-order chi connectivity index (χ1) is 9.56. The van der Waals surface area contributed by atoms with Crippen LogP contribution >= 0.6 is 0 Å². The zero-order chi connectivity index (χ0) is 14.5. The van der Waals surface area contributed by atoms with Gasteiger partial charge in [-0.05, 0) is 47.9 Å². The van der Waals surface area contributed by atoms with Crippen LogP contribution in [-0.4, -0.2) is 11.2 Å². The zero-order valence-electron chi connectivity index (χ0n) is 12.6. The summed E-state index contributed by atoms with van der Waals surface area (Å²) >= 11 is 0. The third-order valence-corrected chi connectivity index (χ3v) is 3.83. The molecule has 0 spiro atoms. The van der Waals surface area contributed by atoms with Crippen LogP contribution in [0.2, 0.25) is 0 Å². The van der Waals surface area contributed by atoms with E-state index in [2.05, 4.69) is 57.2 Å². The number of rotatable bonds is 5. The maximum atomic E-state index is 10.3. The fourth-order valence-corrected chi connectivity index (χ4v) is 2.48. The van der Waals surface area contributed by atoms with Gasteiger partial charge in [-0.3, -0.25) is 0 Å². The lowest BCUT2D eigenvalue weighted by Crippen LogP contribution is -2.14. The Kier molecular flexibility index (Phi) is 4.97. The molecule has 1 N–H and O–H groups in total. The predicted molar refractivity (Wildman–Crippen MR) is 85.1 cm³/mol. The SMILES string of the molecule is Cc1ccccc1CC(O)Cc1ccc(C(C)C)cc1. The van der Waals surface area contributed by atoms with E-state index in [1.807, 2.05) is 12.1 Å². The summed E-state index contributed by atoms with van der Waals surface area (Å²) in [4.78, 5) is 0. The summed E-state index contributed by atoms with van der Waals surface area (Å²) < 4.78 is 0. The van der Waals surface area contributed by atoms with Gasteiger partial charge in [0.1, 0.15) is 0 Å². The lowest BCUT2D eigenvalue weighted by molar-refractivity contribution is 0.175. The van der Waals surface area contributed by atoms with E-state index in [0.717, 1.165) is 6.42 Å². The van der Waals surface area contributed by atoms with Gasteiger partial charge >= 0.3 is 0 Å². The molecule has 0 radical (unpaired) electrons. The second-order valence-corrected chi connectivity index (χ2v) is 5.88. The van der Waals surface area contributed by atoms with E-state index in [9.17, 15) is 5.11 Å². The molecule has 0 saturated heterocycles. The van der Waals surface area contributed by atoms with Crippen LogP contribution in [0.1, 0.15) is 42.0 Å². The van der Waals surface area contributed by atoms with Crippen molar-refractivity contribution in [3.05, 3.63) is 70.8 Å². The first kappa shape index (κ1) is 14.8. The lowest BCUT2D eigenvalue weighted by Gasteiger charge is -2.13. The molecule has 0 amide bonds. The molecule has 0 fully saturated rings. The molecular formula is C19H24O. The van der Waals surface area contributed by atoms with Crippen molar-refractivity contribution in [2.75, 3.05) is 0 Å². The van der Waals surface area contributed by atoms with E-state index in [-0.39, 0.29) is 6.10 Å². The number of aryl methyl sites for hydroxylation is 1. The van der Waals surface area contributed by atoms with E-state index in [1.165, 1.54) is 22.3 Å². The Morgan fingerprint density at radius 2 is 1.55 bits per heavy atom. The van der Waals surface area contributed by atoms with Gasteiger partial charge in [0.05, 0.1) is 6.10 Å². The third-order valence-electron chi connectivity index (χ3n) is 3.83. The summed E-state index contributed by atoms with van der Waals surface area (Å²) in [5.74, 6) is 0.556. The van der Waals surface area contributed by atoms with Gasteiger partial charge in [-0.25, -0.2) is 0 Å². The lowest BCUT2D eigenvalue weighted by atomic mass is 9.96. The Morgan fingerprint density at radius 3 is 2.15 bits per heavy atom. The summed E-state index contributed by atoms with van der Waals surface area (Å²) in [5.41, 5.74) is 5.04. The van der Waals surface area contributed by atoms with Crippen LogP contribution in [-0.2, 0) is 12.8 Å². The van der Waals surface area contributed by atoms with Gasteiger partial charge in [0, 0.05) is 0 Å². The number of aliphatic hydroxyl groups excluding tert-OH is 1. The number of hydrogen-bond donors (Lipinski definition) is 1. The van der Waals surface area contributed by atoms with Crippen molar-refractivity contribution >= 4 is 0 Å². The van der Waals surface area contributed by atoms with Crippen LogP contribution in [0, 0.1) is 6.92 Å². The molecule has 2 aromatic carbocycles. The maximum absolute atomic E-state index is 10.3. The molecule has 0 aliphatic carbocycles. The maximum Gasteiger partial charge on any atom is 0.0620 e. The van der Waals surface area contributed by atoms with Crippen LogP contribution in [0.3, 0.4) is 0 Å². The molecule has 0 bridgehead atoms. The molecule has 20 heavy (non-hydrogen) atoms. The molecule has 2 rings (SSSR count). The van der Waals surface area contributed by atoms with Crippen molar-refractivity contribution in [1.29, 1.82) is 0 Å². The summed E-state index contributed by atoms with van der Waals surface area (Å²) in [6, 6.07) is 16.9. The molecule has 1 nitrogen and oxygen atoms in total. The van der Waals surface area contributed by atoms with Gasteiger partial charge in [0.25, 0.3) is 0 Å². The van der Waals surface area contributed by atoms with Crippen molar-refractivity contribution in [3.63, 3.8) is 0 Å². The molecule has 0 aliphatic rings. The van der Waals surface area contributed by atoms with Gasteiger partial charge < -0.3 is 5.11 Å². The Labute approximate surface area is 122 Å². The van der Waals surface area contributed by atoms with Crippen LogP contribution < -0.4 is 0 Å². The molecule has 0 saturated carbocycles. The monoisotopic (exact) mass is 268 g/mol. The fraction of sp³-hybridized carbons (Fsp3) is 0.368. The largest absolute Gasteiger partial charge is 0.392 e. The van der Waals surface area contributed by atoms with E-state index < -0.39 is 0 Å². The Morgan fingerprint density at radius 1 is 0.900 bits per heavy atom. The van der Waals surface area contributed by atoms with Gasteiger partial charge in [-0.2, -0.15) is 0 Å². The van der Waals surface area contributed by atoms with Crippen molar-refractivity contribution in [1.82, 2.24) is 0 Å². The summed E-state index contributed by atoms with van der Waals surface area (Å²) in [7, 11) is 0. The van der Waals surface area contributed by atoms with E-state index in [0.29, 0.717) is 12.3 Å². The molecule has 0 aliphatic heterocycles. The van der Waals surface area contributed by atoms with Crippen LogP contribution in [0.15, 0.2) is 48.5 Å². The minimum atomic E-state index is -0.319. The molecule has 0 heterocycles. The molecule has 1 unspecified atom stereocenters. The summed E-state index contributed by atoms with van der Waals surface area (Å²) in [6.07, 6.45) is 1.12. The van der Waals surface area contributed by atoms with Crippen LogP contribution in [0.4, 0.5) is 0 Å². The van der Waals surface area contributed by atoms with Gasteiger partial charge in [0.2, 0.25) is 0 Å².